The number of nitrogens with one attached hydrogen (secondary N) is 2. The SMILES string of the molecule is Cc1cc(N2C(=O)C[C@@H]([NH+]3CC[NH+](C(c4ccccc4)c4ccccc4)CC3)C2=O)no1. The lowest BCUT2D eigenvalue weighted by Crippen LogP contribution is -3.30. The number of amides is 2. The highest BCUT2D eigenvalue weighted by atomic mass is 16.5. The quantitative estimate of drug-likeness (QED) is 0.565. The number of quaternary nitrogens is 2. The van der Waals surface area contributed by atoms with Crippen LogP contribution in [0.5, 0.6) is 0 Å². The van der Waals surface area contributed by atoms with E-state index < -0.39 is 0 Å². The molecule has 164 valence electrons. The summed E-state index contributed by atoms with van der Waals surface area (Å²) in [5.41, 5.74) is 2.61. The van der Waals surface area contributed by atoms with Gasteiger partial charge < -0.3 is 14.3 Å². The van der Waals surface area contributed by atoms with Crippen LogP contribution >= 0.6 is 0 Å². The van der Waals surface area contributed by atoms with E-state index in [-0.39, 0.29) is 30.3 Å². The summed E-state index contributed by atoms with van der Waals surface area (Å²) in [6.45, 7) is 5.32. The van der Waals surface area contributed by atoms with Gasteiger partial charge in [0.05, 0.1) is 6.42 Å². The van der Waals surface area contributed by atoms with Gasteiger partial charge in [-0.15, -0.1) is 0 Å². The summed E-state index contributed by atoms with van der Waals surface area (Å²) in [6.07, 6.45) is 0.232. The molecular weight excluding hydrogens is 404 g/mol. The van der Waals surface area contributed by atoms with Gasteiger partial charge in [0.15, 0.2) is 11.9 Å². The van der Waals surface area contributed by atoms with E-state index in [9.17, 15) is 9.59 Å². The fraction of sp³-hybridized carbons (Fsp3) is 0.320. The molecule has 2 aromatic carbocycles. The molecule has 2 fully saturated rings. The van der Waals surface area contributed by atoms with Crippen LogP contribution in [0.4, 0.5) is 5.82 Å². The highest BCUT2D eigenvalue weighted by Gasteiger charge is 2.48. The van der Waals surface area contributed by atoms with Crippen molar-refractivity contribution in [3.05, 3.63) is 83.6 Å². The molecule has 2 amide bonds. The molecule has 1 aromatic heterocycles. The number of aromatic nitrogens is 1. The molecule has 5 rings (SSSR count). The van der Waals surface area contributed by atoms with Crippen molar-refractivity contribution in [1.29, 1.82) is 0 Å². The smallest absolute Gasteiger partial charge is 0.293 e. The number of hydrogen-bond acceptors (Lipinski definition) is 4. The minimum Gasteiger partial charge on any atom is -0.360 e. The maximum absolute atomic E-state index is 13.1. The monoisotopic (exact) mass is 432 g/mol. The van der Waals surface area contributed by atoms with Crippen LogP contribution in [0.25, 0.3) is 0 Å². The summed E-state index contributed by atoms with van der Waals surface area (Å²) in [5.74, 6) is 0.532. The van der Waals surface area contributed by atoms with E-state index in [0.717, 1.165) is 26.2 Å². The number of anilines is 1. The number of benzene rings is 2. The lowest BCUT2D eigenvalue weighted by Gasteiger charge is -2.36. The van der Waals surface area contributed by atoms with E-state index >= 15 is 0 Å². The first kappa shape index (κ1) is 20.6. The predicted molar refractivity (Wildman–Crippen MR) is 118 cm³/mol. The molecule has 3 heterocycles. The van der Waals surface area contributed by atoms with Gasteiger partial charge in [-0.05, 0) is 6.92 Å². The van der Waals surface area contributed by atoms with Crippen LogP contribution in [0, 0.1) is 6.92 Å². The second kappa shape index (κ2) is 8.68. The van der Waals surface area contributed by atoms with Crippen molar-refractivity contribution in [2.75, 3.05) is 31.1 Å². The first-order valence-corrected chi connectivity index (χ1v) is 11.2. The molecule has 3 aromatic rings. The summed E-state index contributed by atoms with van der Waals surface area (Å²) >= 11 is 0. The number of piperazine rings is 1. The van der Waals surface area contributed by atoms with Crippen LogP contribution in [0.15, 0.2) is 71.3 Å². The average Bonchev–Trinajstić information content (AvgIpc) is 3.37. The molecule has 7 nitrogen and oxygen atoms in total. The van der Waals surface area contributed by atoms with Crippen LogP contribution in [-0.4, -0.2) is 49.2 Å². The molecule has 0 saturated carbocycles. The van der Waals surface area contributed by atoms with Gasteiger partial charge in [-0.3, -0.25) is 9.59 Å². The molecule has 2 aliphatic heterocycles. The first-order valence-electron chi connectivity index (χ1n) is 11.2. The highest BCUT2D eigenvalue weighted by Crippen LogP contribution is 2.22. The number of aryl methyl sites for hydroxylation is 1. The number of nitrogens with zero attached hydrogens (tertiary/aromatic N) is 2. The number of hydrogen-bond donors (Lipinski definition) is 2. The Morgan fingerprint density at radius 1 is 0.938 bits per heavy atom. The topological polar surface area (TPSA) is 72.3 Å². The van der Waals surface area contributed by atoms with Gasteiger partial charge in [-0.25, -0.2) is 4.90 Å². The van der Waals surface area contributed by atoms with Crippen molar-refractivity contribution in [3.8, 4) is 0 Å². The van der Waals surface area contributed by atoms with Crippen LogP contribution in [0.2, 0.25) is 0 Å². The average molecular weight is 433 g/mol. The molecule has 1 atom stereocenters. The van der Waals surface area contributed by atoms with E-state index in [0.29, 0.717) is 11.6 Å². The summed E-state index contributed by atoms with van der Waals surface area (Å²) in [4.78, 5) is 29.6. The molecule has 0 unspecified atom stereocenters. The van der Waals surface area contributed by atoms with Crippen LogP contribution in [-0.2, 0) is 9.59 Å². The van der Waals surface area contributed by atoms with Crippen molar-refractivity contribution in [3.63, 3.8) is 0 Å². The number of carbonyl (C=O) groups excluding carboxylic acids is 2. The molecule has 2 saturated heterocycles. The Labute approximate surface area is 187 Å². The van der Waals surface area contributed by atoms with Gasteiger partial charge in [-0.2, -0.15) is 0 Å². The zero-order chi connectivity index (χ0) is 22.1. The zero-order valence-corrected chi connectivity index (χ0v) is 18.2. The van der Waals surface area contributed by atoms with E-state index in [1.807, 2.05) is 12.1 Å². The Balaban J connectivity index is 1.31. The lowest BCUT2D eigenvalue weighted by molar-refractivity contribution is -1.03. The Kier molecular flexibility index (Phi) is 5.59. The minimum absolute atomic E-state index is 0.163. The van der Waals surface area contributed by atoms with E-state index in [1.165, 1.54) is 25.8 Å². The van der Waals surface area contributed by atoms with Crippen molar-refractivity contribution >= 4 is 17.6 Å². The van der Waals surface area contributed by atoms with Gasteiger partial charge in [0.25, 0.3) is 5.91 Å². The van der Waals surface area contributed by atoms with Crippen molar-refractivity contribution in [2.45, 2.75) is 25.4 Å². The zero-order valence-electron chi connectivity index (χ0n) is 18.2. The Hall–Kier alpha value is -3.29. The molecule has 32 heavy (non-hydrogen) atoms. The first-order chi connectivity index (χ1) is 15.6. The standard InChI is InChI=1S/C25H26N4O3/c1-18-16-22(26-32-18)29-23(30)17-21(25(29)31)27-12-14-28(15-13-27)24(19-8-4-2-5-9-19)20-10-6-3-7-11-20/h2-11,16,21,24H,12-15,17H2,1H3/p+2/t21-/m1/s1. The number of rotatable bonds is 5. The second-order valence-corrected chi connectivity index (χ2v) is 8.69. The van der Waals surface area contributed by atoms with E-state index in [4.69, 9.17) is 4.52 Å². The van der Waals surface area contributed by atoms with E-state index in [2.05, 4.69) is 53.7 Å². The Bertz CT molecular complexity index is 1050. The number of carbonyl (C=O) groups is 2. The second-order valence-electron chi connectivity index (χ2n) is 8.69. The molecule has 0 bridgehead atoms. The van der Waals surface area contributed by atoms with Crippen LogP contribution in [0.1, 0.15) is 29.3 Å². The summed E-state index contributed by atoms with van der Waals surface area (Å²) in [6, 6.07) is 22.8. The molecule has 2 aliphatic rings. The third-order valence-corrected chi connectivity index (χ3v) is 6.69. The molecule has 0 aliphatic carbocycles. The van der Waals surface area contributed by atoms with Crippen LogP contribution in [0.3, 0.4) is 0 Å². The van der Waals surface area contributed by atoms with Gasteiger partial charge >= 0.3 is 0 Å². The van der Waals surface area contributed by atoms with Crippen molar-refractivity contribution < 1.29 is 23.9 Å². The Morgan fingerprint density at radius 3 is 2.06 bits per heavy atom. The van der Waals surface area contributed by atoms with Gasteiger partial charge in [-0.1, -0.05) is 65.8 Å². The molecular formula is C25H28N4O3+2. The highest BCUT2D eigenvalue weighted by molar-refractivity contribution is 6.21. The molecule has 7 heteroatoms. The van der Waals surface area contributed by atoms with Crippen molar-refractivity contribution in [2.24, 2.45) is 0 Å². The fourth-order valence-corrected chi connectivity index (χ4v) is 5.13. The van der Waals surface area contributed by atoms with Gasteiger partial charge in [0.2, 0.25) is 5.91 Å². The normalized spacial score (nSPS) is 23.8. The molecule has 0 spiro atoms. The molecule has 0 radical (unpaired) electrons. The van der Waals surface area contributed by atoms with E-state index in [1.54, 1.807) is 13.0 Å². The Morgan fingerprint density at radius 2 is 1.53 bits per heavy atom. The third kappa shape index (κ3) is 3.85. The predicted octanol–water partition coefficient (Wildman–Crippen LogP) is 0.188. The van der Waals surface area contributed by atoms with Gasteiger partial charge in [0.1, 0.15) is 38.0 Å². The summed E-state index contributed by atoms with van der Waals surface area (Å²) in [7, 11) is 0. The maximum atomic E-state index is 13.1. The minimum atomic E-state index is -0.340. The number of imide groups is 1. The van der Waals surface area contributed by atoms with Crippen LogP contribution < -0.4 is 14.7 Å². The fourth-order valence-electron chi connectivity index (χ4n) is 5.13. The van der Waals surface area contributed by atoms with Gasteiger partial charge in [0, 0.05) is 17.2 Å². The van der Waals surface area contributed by atoms with Crippen molar-refractivity contribution in [1.82, 2.24) is 5.16 Å². The molecule has 2 N–H and O–H groups in total. The third-order valence-electron chi connectivity index (χ3n) is 6.69. The maximum Gasteiger partial charge on any atom is 0.293 e. The summed E-state index contributed by atoms with van der Waals surface area (Å²) in [5, 5.41) is 3.88. The lowest BCUT2D eigenvalue weighted by atomic mass is 9.96. The largest absolute Gasteiger partial charge is 0.360 e. The summed E-state index contributed by atoms with van der Waals surface area (Å²) < 4.78 is 5.07.